The van der Waals surface area contributed by atoms with Crippen LogP contribution in [0.5, 0.6) is 0 Å². The van der Waals surface area contributed by atoms with E-state index in [1.54, 1.807) is 6.92 Å². The Labute approximate surface area is 194 Å². The monoisotopic (exact) mass is 500 g/mol. The summed E-state index contributed by atoms with van der Waals surface area (Å²) in [5, 5.41) is 19.9. The number of carbonyl (C=O) groups excluding carboxylic acids is 2. The van der Waals surface area contributed by atoms with Crippen LogP contribution < -0.4 is 5.32 Å². The van der Waals surface area contributed by atoms with E-state index in [1.165, 1.54) is 11.3 Å². The number of esters is 1. The molecule has 0 radical (unpaired) electrons. The Morgan fingerprint density at radius 2 is 1.67 bits per heavy atom. The molecule has 0 fully saturated rings. The smallest absolute Gasteiger partial charge is 0.416 e. The van der Waals surface area contributed by atoms with Crippen molar-refractivity contribution in [1.82, 2.24) is 30.7 Å². The minimum Gasteiger partial charge on any atom is -0.461 e. The van der Waals surface area contributed by atoms with Gasteiger partial charge in [-0.2, -0.15) is 13.2 Å². The summed E-state index contributed by atoms with van der Waals surface area (Å²) < 4.78 is 43.2. The quantitative estimate of drug-likeness (QED) is 0.332. The number of aryl methyl sites for hydroxylation is 2. The summed E-state index contributed by atoms with van der Waals surface area (Å²) in [6.07, 6.45) is -0.642. The molecule has 3 rings (SSSR count). The van der Waals surface area contributed by atoms with Crippen LogP contribution in [0.3, 0.4) is 0 Å². The molecule has 1 N–H and O–H groups in total. The van der Waals surface area contributed by atoms with Crippen molar-refractivity contribution < 1.29 is 27.5 Å². The molecule has 14 heteroatoms. The van der Waals surface area contributed by atoms with Gasteiger partial charge in [0.1, 0.15) is 10.0 Å². The number of halogens is 3. The molecule has 0 unspecified atom stereocenters. The Kier molecular flexibility index (Phi) is 8.38. The molecule has 33 heavy (non-hydrogen) atoms. The summed E-state index contributed by atoms with van der Waals surface area (Å²) in [6, 6.07) is 1.76. The van der Waals surface area contributed by atoms with Crippen molar-refractivity contribution in [1.29, 1.82) is 0 Å². The molecule has 9 nitrogen and oxygen atoms in total. The number of rotatable bonds is 10. The number of nitrogens with zero attached hydrogens (tertiary/aromatic N) is 5. The second-order valence-electron chi connectivity index (χ2n) is 6.65. The Hall–Kier alpha value is -3.00. The summed E-state index contributed by atoms with van der Waals surface area (Å²) in [5.41, 5.74) is -0.740. The van der Waals surface area contributed by atoms with Crippen molar-refractivity contribution >= 4 is 34.6 Å². The fourth-order valence-corrected chi connectivity index (χ4v) is 4.20. The number of alkyl halides is 3. The van der Waals surface area contributed by atoms with Crippen LogP contribution in [-0.4, -0.2) is 43.9 Å². The third-order valence-corrected chi connectivity index (χ3v) is 6.13. The molecule has 3 aromatic rings. The zero-order valence-corrected chi connectivity index (χ0v) is 19.0. The van der Waals surface area contributed by atoms with Gasteiger partial charge in [0, 0.05) is 19.0 Å². The Morgan fingerprint density at radius 1 is 1.03 bits per heavy atom. The van der Waals surface area contributed by atoms with Crippen molar-refractivity contribution in [3.63, 3.8) is 0 Å². The molecule has 0 aliphatic carbocycles. The van der Waals surface area contributed by atoms with Crippen LogP contribution in [0, 0.1) is 0 Å². The molecule has 0 saturated heterocycles. The average Bonchev–Trinajstić information content (AvgIpc) is 3.45. The highest BCUT2D eigenvalue weighted by Crippen LogP contribution is 2.29. The molecule has 0 aliphatic rings. The van der Waals surface area contributed by atoms with E-state index < -0.39 is 23.6 Å². The fraction of sp³-hybridized carbons (Fsp3) is 0.421. The van der Waals surface area contributed by atoms with Crippen LogP contribution in [-0.2, 0) is 30.3 Å². The van der Waals surface area contributed by atoms with Gasteiger partial charge in [-0.25, -0.2) is 4.79 Å². The molecule has 0 bridgehead atoms. The van der Waals surface area contributed by atoms with Crippen molar-refractivity contribution in [2.75, 3.05) is 6.61 Å². The molecule has 3 aromatic heterocycles. The van der Waals surface area contributed by atoms with Crippen molar-refractivity contribution in [3.8, 4) is 0 Å². The molecule has 0 saturated carbocycles. The largest absolute Gasteiger partial charge is 0.461 e. The first-order valence-corrected chi connectivity index (χ1v) is 11.5. The highest BCUT2D eigenvalue weighted by molar-refractivity contribution is 7.13. The summed E-state index contributed by atoms with van der Waals surface area (Å²) in [4.78, 5) is 27.7. The van der Waals surface area contributed by atoms with Gasteiger partial charge in [-0.15, -0.1) is 20.4 Å². The zero-order valence-electron chi connectivity index (χ0n) is 17.4. The SMILES string of the molecule is CCOC(=O)c1nnc(CCCCc2nnc(C(=O)NCc3cc(C(F)(F)F)ccn3)s2)s1. The van der Waals surface area contributed by atoms with Crippen LogP contribution in [0.25, 0.3) is 0 Å². The second kappa shape index (κ2) is 11.2. The first-order valence-electron chi connectivity index (χ1n) is 9.88. The maximum atomic E-state index is 12.8. The number of unbranched alkanes of at least 4 members (excludes halogenated alkanes) is 1. The third-order valence-electron chi connectivity index (χ3n) is 4.18. The van der Waals surface area contributed by atoms with E-state index in [4.69, 9.17) is 4.74 Å². The lowest BCUT2D eigenvalue weighted by Gasteiger charge is -2.08. The summed E-state index contributed by atoms with van der Waals surface area (Å²) in [6.45, 7) is 1.83. The number of nitrogens with one attached hydrogen (secondary N) is 1. The number of hydrogen-bond donors (Lipinski definition) is 1. The average molecular weight is 501 g/mol. The number of amides is 1. The maximum Gasteiger partial charge on any atom is 0.416 e. The molecule has 0 atom stereocenters. The zero-order chi connectivity index (χ0) is 23.8. The molecule has 0 aromatic carbocycles. The molecular formula is C19H19F3N6O3S2. The number of hydrogen-bond acceptors (Lipinski definition) is 10. The Morgan fingerprint density at radius 3 is 2.30 bits per heavy atom. The van der Waals surface area contributed by atoms with Crippen LogP contribution in [0.2, 0.25) is 0 Å². The minimum absolute atomic E-state index is 0.0886. The first-order chi connectivity index (χ1) is 15.8. The van der Waals surface area contributed by atoms with Crippen molar-refractivity contribution in [3.05, 3.63) is 49.6 Å². The van der Waals surface area contributed by atoms with E-state index in [0.29, 0.717) is 17.8 Å². The van der Waals surface area contributed by atoms with E-state index in [9.17, 15) is 22.8 Å². The Balaban J connectivity index is 1.42. The predicted molar refractivity (Wildman–Crippen MR) is 113 cm³/mol. The fourth-order valence-electron chi connectivity index (χ4n) is 2.63. The maximum absolute atomic E-state index is 12.8. The van der Waals surface area contributed by atoms with E-state index >= 15 is 0 Å². The number of pyridine rings is 1. The molecule has 0 spiro atoms. The van der Waals surface area contributed by atoms with E-state index in [2.05, 4.69) is 30.7 Å². The number of carbonyl (C=O) groups is 2. The predicted octanol–water partition coefficient (Wildman–Crippen LogP) is 3.48. The van der Waals surface area contributed by atoms with Gasteiger partial charge in [0.2, 0.25) is 10.0 Å². The lowest BCUT2D eigenvalue weighted by atomic mass is 10.2. The van der Waals surface area contributed by atoms with Crippen LogP contribution >= 0.6 is 22.7 Å². The van der Waals surface area contributed by atoms with Crippen LogP contribution in [0.4, 0.5) is 13.2 Å². The molecule has 1 amide bonds. The van der Waals surface area contributed by atoms with Gasteiger partial charge in [0.05, 0.1) is 24.4 Å². The van der Waals surface area contributed by atoms with Gasteiger partial charge in [-0.1, -0.05) is 22.7 Å². The van der Waals surface area contributed by atoms with E-state index in [0.717, 1.165) is 47.5 Å². The van der Waals surface area contributed by atoms with Crippen molar-refractivity contribution in [2.24, 2.45) is 0 Å². The third kappa shape index (κ3) is 7.25. The summed E-state index contributed by atoms with van der Waals surface area (Å²) in [7, 11) is 0. The molecule has 0 aliphatic heterocycles. The second-order valence-corrected chi connectivity index (χ2v) is 8.77. The van der Waals surface area contributed by atoms with Gasteiger partial charge in [0.25, 0.3) is 5.91 Å². The lowest BCUT2D eigenvalue weighted by molar-refractivity contribution is -0.137. The molecule has 176 valence electrons. The van der Waals surface area contributed by atoms with Gasteiger partial charge >= 0.3 is 12.1 Å². The Bertz CT molecular complexity index is 1100. The van der Waals surface area contributed by atoms with Crippen molar-refractivity contribution in [2.45, 2.75) is 45.3 Å². The first kappa shape index (κ1) is 24.6. The number of aromatic nitrogens is 5. The van der Waals surface area contributed by atoms with Gasteiger partial charge in [0.15, 0.2) is 0 Å². The summed E-state index contributed by atoms with van der Waals surface area (Å²) in [5.74, 6) is -1.01. The van der Waals surface area contributed by atoms with Gasteiger partial charge in [-0.05, 0) is 31.9 Å². The van der Waals surface area contributed by atoms with Gasteiger partial charge < -0.3 is 10.1 Å². The lowest BCUT2D eigenvalue weighted by Crippen LogP contribution is -2.23. The number of ether oxygens (including phenoxy) is 1. The normalized spacial score (nSPS) is 11.4. The van der Waals surface area contributed by atoms with Crippen LogP contribution in [0.15, 0.2) is 18.3 Å². The highest BCUT2D eigenvalue weighted by atomic mass is 32.1. The van der Waals surface area contributed by atoms with Gasteiger partial charge in [-0.3, -0.25) is 9.78 Å². The van der Waals surface area contributed by atoms with E-state index in [-0.39, 0.29) is 28.9 Å². The topological polar surface area (TPSA) is 120 Å². The highest BCUT2D eigenvalue weighted by Gasteiger charge is 2.30. The molecular weight excluding hydrogens is 481 g/mol. The standard InChI is InChI=1S/C19H19F3N6O3S2/c1-2-31-18(30)17-28-26-14(33-17)6-4-3-5-13-25-27-16(32-13)15(29)24-10-12-9-11(7-8-23-12)19(20,21)22/h7-9H,2-6,10H2,1H3,(H,24,29). The van der Waals surface area contributed by atoms with E-state index in [1.807, 2.05) is 0 Å². The summed E-state index contributed by atoms with van der Waals surface area (Å²) >= 11 is 2.32. The minimum atomic E-state index is -4.48. The van der Waals surface area contributed by atoms with Crippen LogP contribution in [0.1, 0.15) is 60.6 Å². The molecule has 3 heterocycles.